The minimum absolute atomic E-state index is 0.0469. The molecule has 1 aliphatic heterocycles. The fraction of sp³-hybridized carbons (Fsp3) is 0.625. The smallest absolute Gasteiger partial charge is 0.129 e. The third kappa shape index (κ3) is 4.22. The molecule has 2 rings (SSSR count). The number of morpholine rings is 1. The van der Waals surface area contributed by atoms with E-state index in [0.29, 0.717) is 13.0 Å². The van der Waals surface area contributed by atoms with Crippen molar-refractivity contribution in [1.82, 2.24) is 10.2 Å². The molecule has 1 saturated heterocycles. The Kier molecular flexibility index (Phi) is 6.08. The van der Waals surface area contributed by atoms with Crippen LogP contribution in [0.5, 0.6) is 0 Å². The van der Waals surface area contributed by atoms with Gasteiger partial charge in [-0.25, -0.2) is 8.78 Å². The van der Waals surface area contributed by atoms with Gasteiger partial charge in [-0.1, -0.05) is 13.0 Å². The van der Waals surface area contributed by atoms with Gasteiger partial charge < -0.3 is 10.1 Å². The minimum Gasteiger partial charge on any atom is -0.374 e. The van der Waals surface area contributed by atoms with Crippen LogP contribution >= 0.6 is 0 Å². The van der Waals surface area contributed by atoms with E-state index in [4.69, 9.17) is 4.74 Å². The Morgan fingerprint density at radius 1 is 1.38 bits per heavy atom. The maximum absolute atomic E-state index is 13.8. The first-order valence-corrected chi connectivity index (χ1v) is 7.59. The molecule has 1 N–H and O–H groups in total. The van der Waals surface area contributed by atoms with Gasteiger partial charge in [0.2, 0.25) is 0 Å². The SMILES string of the molecule is CCCN1CCOC(C(Cc2c(F)cccc2F)NC)C1. The lowest BCUT2D eigenvalue weighted by Gasteiger charge is -2.37. The zero-order valence-corrected chi connectivity index (χ0v) is 12.7. The number of rotatable bonds is 6. The van der Waals surface area contributed by atoms with Crippen LogP contribution in [0.2, 0.25) is 0 Å². The van der Waals surface area contributed by atoms with Gasteiger partial charge in [0.25, 0.3) is 0 Å². The Balaban J connectivity index is 2.05. The lowest BCUT2D eigenvalue weighted by atomic mass is 9.99. The third-order valence-corrected chi connectivity index (χ3v) is 4.02. The number of hydrogen-bond acceptors (Lipinski definition) is 3. The van der Waals surface area contributed by atoms with Crippen molar-refractivity contribution in [3.05, 3.63) is 35.4 Å². The van der Waals surface area contributed by atoms with Gasteiger partial charge in [-0.3, -0.25) is 4.90 Å². The molecule has 0 bridgehead atoms. The van der Waals surface area contributed by atoms with Crippen molar-refractivity contribution >= 4 is 0 Å². The molecule has 3 nitrogen and oxygen atoms in total. The van der Waals surface area contributed by atoms with Gasteiger partial charge in [-0.05, 0) is 38.6 Å². The van der Waals surface area contributed by atoms with E-state index in [9.17, 15) is 8.78 Å². The van der Waals surface area contributed by atoms with Crippen LogP contribution in [0.1, 0.15) is 18.9 Å². The van der Waals surface area contributed by atoms with Crippen LogP contribution in [-0.4, -0.2) is 50.3 Å². The molecule has 1 aromatic rings. The minimum atomic E-state index is -0.489. The molecule has 1 heterocycles. The number of halogens is 2. The number of nitrogens with zero attached hydrogens (tertiary/aromatic N) is 1. The van der Waals surface area contributed by atoms with Gasteiger partial charge in [0.1, 0.15) is 11.6 Å². The fourth-order valence-electron chi connectivity index (χ4n) is 2.86. The molecule has 1 aliphatic rings. The van der Waals surface area contributed by atoms with Crippen LogP contribution < -0.4 is 5.32 Å². The molecule has 0 spiro atoms. The quantitative estimate of drug-likeness (QED) is 0.871. The van der Waals surface area contributed by atoms with E-state index >= 15 is 0 Å². The summed E-state index contributed by atoms with van der Waals surface area (Å²) in [7, 11) is 1.81. The molecule has 2 atom stereocenters. The maximum Gasteiger partial charge on any atom is 0.129 e. The summed E-state index contributed by atoms with van der Waals surface area (Å²) in [5.41, 5.74) is 0.132. The standard InChI is InChI=1S/C16H24F2N2O/c1-3-7-20-8-9-21-16(11-20)15(19-2)10-12-13(17)5-4-6-14(12)18/h4-6,15-16,19H,3,7-11H2,1-2H3. The van der Waals surface area contributed by atoms with Crippen LogP contribution in [0.25, 0.3) is 0 Å². The Morgan fingerprint density at radius 2 is 2.10 bits per heavy atom. The van der Waals surface area contributed by atoms with Crippen LogP contribution in [0.4, 0.5) is 8.78 Å². The van der Waals surface area contributed by atoms with Crippen LogP contribution in [0.3, 0.4) is 0 Å². The summed E-state index contributed by atoms with van der Waals surface area (Å²) in [5.74, 6) is -0.979. The van der Waals surface area contributed by atoms with Gasteiger partial charge in [0, 0.05) is 24.7 Å². The lowest BCUT2D eigenvalue weighted by molar-refractivity contribution is -0.0452. The maximum atomic E-state index is 13.8. The topological polar surface area (TPSA) is 24.5 Å². The molecule has 5 heteroatoms. The van der Waals surface area contributed by atoms with Crippen molar-refractivity contribution in [1.29, 1.82) is 0 Å². The van der Waals surface area contributed by atoms with Gasteiger partial charge in [-0.15, -0.1) is 0 Å². The van der Waals surface area contributed by atoms with E-state index in [1.807, 2.05) is 7.05 Å². The molecule has 2 unspecified atom stereocenters. The summed E-state index contributed by atoms with van der Waals surface area (Å²) >= 11 is 0. The molecule has 21 heavy (non-hydrogen) atoms. The molecule has 0 aliphatic carbocycles. The van der Waals surface area contributed by atoms with E-state index in [-0.39, 0.29) is 17.7 Å². The van der Waals surface area contributed by atoms with Gasteiger partial charge in [0.15, 0.2) is 0 Å². The number of ether oxygens (including phenoxy) is 1. The Bertz CT molecular complexity index is 434. The van der Waals surface area contributed by atoms with Crippen LogP contribution in [0.15, 0.2) is 18.2 Å². The Hall–Kier alpha value is -1.04. The largest absolute Gasteiger partial charge is 0.374 e. The van der Waals surface area contributed by atoms with E-state index in [1.54, 1.807) is 0 Å². The molecule has 0 radical (unpaired) electrons. The monoisotopic (exact) mass is 298 g/mol. The predicted molar refractivity (Wildman–Crippen MR) is 79.4 cm³/mol. The zero-order valence-electron chi connectivity index (χ0n) is 12.7. The summed E-state index contributed by atoms with van der Waals surface area (Å²) in [6.07, 6.45) is 1.34. The van der Waals surface area contributed by atoms with Crippen molar-refractivity contribution in [3.8, 4) is 0 Å². The van der Waals surface area contributed by atoms with Gasteiger partial charge in [0.05, 0.1) is 12.7 Å². The fourth-order valence-corrected chi connectivity index (χ4v) is 2.86. The average Bonchev–Trinajstić information content (AvgIpc) is 2.48. The highest BCUT2D eigenvalue weighted by molar-refractivity contribution is 5.21. The van der Waals surface area contributed by atoms with Crippen LogP contribution in [0, 0.1) is 11.6 Å². The van der Waals surface area contributed by atoms with E-state index < -0.39 is 11.6 Å². The van der Waals surface area contributed by atoms with Crippen LogP contribution in [-0.2, 0) is 11.2 Å². The highest BCUT2D eigenvalue weighted by Gasteiger charge is 2.28. The van der Waals surface area contributed by atoms with Crippen molar-refractivity contribution in [2.45, 2.75) is 31.9 Å². The summed E-state index contributed by atoms with van der Waals surface area (Å²) < 4.78 is 33.4. The van der Waals surface area contributed by atoms with Gasteiger partial charge >= 0.3 is 0 Å². The number of likely N-dealkylation sites (N-methyl/N-ethyl adjacent to an activating group) is 1. The molecule has 1 fully saturated rings. The second-order valence-electron chi connectivity index (χ2n) is 5.51. The summed E-state index contributed by atoms with van der Waals surface area (Å²) in [4.78, 5) is 2.34. The predicted octanol–water partition coefficient (Wildman–Crippen LogP) is 2.21. The molecule has 0 amide bonds. The third-order valence-electron chi connectivity index (χ3n) is 4.02. The molecular weight excluding hydrogens is 274 g/mol. The van der Waals surface area contributed by atoms with E-state index in [0.717, 1.165) is 26.1 Å². The van der Waals surface area contributed by atoms with E-state index in [1.165, 1.54) is 18.2 Å². The van der Waals surface area contributed by atoms with Crippen molar-refractivity contribution in [2.24, 2.45) is 0 Å². The van der Waals surface area contributed by atoms with E-state index in [2.05, 4.69) is 17.1 Å². The van der Waals surface area contributed by atoms with Crippen molar-refractivity contribution in [2.75, 3.05) is 33.3 Å². The lowest BCUT2D eigenvalue weighted by Crippen LogP contribution is -2.52. The first kappa shape index (κ1) is 16.3. The van der Waals surface area contributed by atoms with Crippen molar-refractivity contribution in [3.63, 3.8) is 0 Å². The molecule has 1 aromatic carbocycles. The summed E-state index contributed by atoms with van der Waals surface area (Å²) in [6.45, 7) is 5.58. The summed E-state index contributed by atoms with van der Waals surface area (Å²) in [6, 6.07) is 3.89. The molecule has 0 saturated carbocycles. The average molecular weight is 298 g/mol. The second kappa shape index (κ2) is 7.82. The Labute approximate surface area is 125 Å². The second-order valence-corrected chi connectivity index (χ2v) is 5.51. The summed E-state index contributed by atoms with van der Waals surface area (Å²) in [5, 5.41) is 3.15. The number of nitrogens with one attached hydrogen (secondary N) is 1. The first-order valence-electron chi connectivity index (χ1n) is 7.59. The highest BCUT2D eigenvalue weighted by Crippen LogP contribution is 2.18. The zero-order chi connectivity index (χ0) is 15.2. The number of hydrogen-bond donors (Lipinski definition) is 1. The van der Waals surface area contributed by atoms with Crippen molar-refractivity contribution < 1.29 is 13.5 Å². The Morgan fingerprint density at radius 3 is 2.71 bits per heavy atom. The van der Waals surface area contributed by atoms with Gasteiger partial charge in [-0.2, -0.15) is 0 Å². The molecule has 0 aromatic heterocycles. The number of benzene rings is 1. The normalized spacial score (nSPS) is 21.4. The first-order chi connectivity index (χ1) is 10.2. The highest BCUT2D eigenvalue weighted by atomic mass is 19.1. The molecular formula is C16H24F2N2O. The molecule has 118 valence electrons.